The van der Waals surface area contributed by atoms with Crippen LogP contribution in [-0.4, -0.2) is 48.0 Å². The van der Waals surface area contributed by atoms with E-state index in [9.17, 15) is 4.79 Å². The molecule has 0 bridgehead atoms. The number of nitrogens with zero attached hydrogens (tertiary/aromatic N) is 1. The summed E-state index contributed by atoms with van der Waals surface area (Å²) in [5.74, 6) is 0.715. The van der Waals surface area contributed by atoms with Crippen molar-refractivity contribution in [3.63, 3.8) is 0 Å². The fourth-order valence-electron chi connectivity index (χ4n) is 1.88. The van der Waals surface area contributed by atoms with Gasteiger partial charge in [0.1, 0.15) is 5.37 Å². The van der Waals surface area contributed by atoms with E-state index < -0.39 is 0 Å². The largest absolute Gasteiger partial charge is 0.394 e. The Hall–Kier alpha value is -0.560. The van der Waals surface area contributed by atoms with Crippen LogP contribution in [0.15, 0.2) is 11.4 Å². The topological polar surface area (TPSA) is 49.8 Å². The molecule has 1 aliphatic rings. The van der Waals surface area contributed by atoms with E-state index in [1.54, 1.807) is 23.1 Å². The van der Waals surface area contributed by atoms with Crippen LogP contribution in [0.4, 0.5) is 0 Å². The minimum atomic E-state index is 0.0240. The van der Waals surface area contributed by atoms with Gasteiger partial charge < -0.3 is 14.7 Å². The molecule has 18 heavy (non-hydrogen) atoms. The molecule has 1 unspecified atom stereocenters. The minimum Gasteiger partial charge on any atom is -0.394 e. The highest BCUT2D eigenvalue weighted by Gasteiger charge is 2.33. The van der Waals surface area contributed by atoms with Gasteiger partial charge in [-0.2, -0.15) is 0 Å². The number of thioether (sulfide) groups is 1. The van der Waals surface area contributed by atoms with Gasteiger partial charge in [0.15, 0.2) is 0 Å². The predicted octanol–water partition coefficient (Wildman–Crippen LogP) is 1.64. The second-order valence-corrected chi connectivity index (χ2v) is 6.07. The molecular formula is C12H17NO3S2. The maximum atomic E-state index is 11.9. The van der Waals surface area contributed by atoms with Crippen LogP contribution in [0.2, 0.25) is 0 Å². The Kier molecular flexibility index (Phi) is 5.05. The second-order valence-electron chi connectivity index (χ2n) is 4.05. The summed E-state index contributed by atoms with van der Waals surface area (Å²) in [6, 6.07) is 2.09. The standard InChI is InChI=1S/C12H17NO3S2/c1-9-2-7-17-11(9)12-13(10(15)8-18-12)3-5-16-6-4-14/h2,7,12,14H,3-6,8H2,1H3. The first-order valence-electron chi connectivity index (χ1n) is 5.87. The smallest absolute Gasteiger partial charge is 0.233 e. The van der Waals surface area contributed by atoms with Gasteiger partial charge in [0.25, 0.3) is 0 Å². The third-order valence-electron chi connectivity index (χ3n) is 2.81. The van der Waals surface area contributed by atoms with Crippen LogP contribution in [0, 0.1) is 6.92 Å². The van der Waals surface area contributed by atoms with E-state index in [1.807, 2.05) is 4.90 Å². The number of aliphatic hydroxyl groups is 1. The van der Waals surface area contributed by atoms with Gasteiger partial charge in [0, 0.05) is 11.4 Å². The third-order valence-corrected chi connectivity index (χ3v) is 5.25. The summed E-state index contributed by atoms with van der Waals surface area (Å²) in [4.78, 5) is 15.0. The molecule has 1 fully saturated rings. The van der Waals surface area contributed by atoms with E-state index in [2.05, 4.69) is 18.4 Å². The molecular weight excluding hydrogens is 270 g/mol. The van der Waals surface area contributed by atoms with E-state index in [0.717, 1.165) is 0 Å². The number of thiophene rings is 1. The zero-order chi connectivity index (χ0) is 13.0. The number of aliphatic hydroxyl groups excluding tert-OH is 1. The Morgan fingerprint density at radius 2 is 2.39 bits per heavy atom. The van der Waals surface area contributed by atoms with E-state index in [0.29, 0.717) is 25.5 Å². The zero-order valence-electron chi connectivity index (χ0n) is 10.3. The number of ether oxygens (including phenoxy) is 1. The summed E-state index contributed by atoms with van der Waals surface area (Å²) in [5, 5.41) is 10.8. The fourth-order valence-corrected chi connectivity index (χ4v) is 4.37. The highest BCUT2D eigenvalue weighted by molar-refractivity contribution is 8.00. The first-order chi connectivity index (χ1) is 8.74. The molecule has 0 radical (unpaired) electrons. The van der Waals surface area contributed by atoms with Crippen molar-refractivity contribution in [1.82, 2.24) is 4.90 Å². The summed E-state index contributed by atoms with van der Waals surface area (Å²) >= 11 is 3.38. The van der Waals surface area contributed by atoms with Crippen LogP contribution in [0.1, 0.15) is 15.8 Å². The number of rotatable bonds is 6. The molecule has 6 heteroatoms. The molecule has 1 saturated heterocycles. The van der Waals surface area contributed by atoms with Gasteiger partial charge in [0.05, 0.1) is 25.6 Å². The molecule has 100 valence electrons. The summed E-state index contributed by atoms with van der Waals surface area (Å²) in [7, 11) is 0. The van der Waals surface area contributed by atoms with Crippen molar-refractivity contribution in [2.75, 3.05) is 32.1 Å². The molecule has 1 aliphatic heterocycles. The van der Waals surface area contributed by atoms with Crippen LogP contribution < -0.4 is 0 Å². The van der Waals surface area contributed by atoms with Gasteiger partial charge in [-0.3, -0.25) is 4.79 Å². The minimum absolute atomic E-state index is 0.0240. The molecule has 2 rings (SSSR count). The average molecular weight is 287 g/mol. The van der Waals surface area contributed by atoms with E-state index in [4.69, 9.17) is 9.84 Å². The van der Waals surface area contributed by atoms with Gasteiger partial charge in [-0.25, -0.2) is 0 Å². The van der Waals surface area contributed by atoms with Crippen molar-refractivity contribution >= 4 is 29.0 Å². The number of hydrogen-bond acceptors (Lipinski definition) is 5. The molecule has 0 aromatic carbocycles. The summed E-state index contributed by atoms with van der Waals surface area (Å²) in [6.07, 6.45) is 0. The quantitative estimate of drug-likeness (QED) is 0.808. The number of hydrogen-bond donors (Lipinski definition) is 1. The van der Waals surface area contributed by atoms with Gasteiger partial charge in [-0.05, 0) is 23.9 Å². The van der Waals surface area contributed by atoms with Crippen molar-refractivity contribution in [1.29, 1.82) is 0 Å². The SMILES string of the molecule is Cc1ccsc1C1SCC(=O)N1CCOCCO. The van der Waals surface area contributed by atoms with Gasteiger partial charge >= 0.3 is 0 Å². The molecule has 1 aromatic rings. The Morgan fingerprint density at radius 3 is 3.06 bits per heavy atom. The fraction of sp³-hybridized carbons (Fsp3) is 0.583. The normalized spacial score (nSPS) is 19.8. The molecule has 1 N–H and O–H groups in total. The van der Waals surface area contributed by atoms with Crippen LogP contribution in [0.5, 0.6) is 0 Å². The third kappa shape index (κ3) is 3.06. The monoisotopic (exact) mass is 287 g/mol. The van der Waals surface area contributed by atoms with Gasteiger partial charge in [-0.15, -0.1) is 23.1 Å². The molecule has 0 saturated carbocycles. The maximum absolute atomic E-state index is 11.9. The average Bonchev–Trinajstić information content (AvgIpc) is 2.92. The maximum Gasteiger partial charge on any atom is 0.233 e. The summed E-state index contributed by atoms with van der Waals surface area (Å²) < 4.78 is 5.24. The molecule has 1 amide bonds. The van der Waals surface area contributed by atoms with Crippen molar-refractivity contribution < 1.29 is 14.6 Å². The lowest BCUT2D eigenvalue weighted by atomic mass is 10.2. The first-order valence-corrected chi connectivity index (χ1v) is 7.80. The van der Waals surface area contributed by atoms with Crippen LogP contribution in [0.3, 0.4) is 0 Å². The zero-order valence-corrected chi connectivity index (χ0v) is 11.9. The Bertz CT molecular complexity index is 408. The van der Waals surface area contributed by atoms with E-state index in [-0.39, 0.29) is 17.9 Å². The number of carbonyl (C=O) groups excluding carboxylic acids is 1. The first kappa shape index (κ1) is 13.9. The molecule has 4 nitrogen and oxygen atoms in total. The van der Waals surface area contributed by atoms with Crippen molar-refractivity contribution in [2.45, 2.75) is 12.3 Å². The highest BCUT2D eigenvalue weighted by Crippen LogP contribution is 2.41. The number of carbonyl (C=O) groups is 1. The highest BCUT2D eigenvalue weighted by atomic mass is 32.2. The lowest BCUT2D eigenvalue weighted by Gasteiger charge is -2.23. The molecule has 0 aliphatic carbocycles. The second kappa shape index (κ2) is 6.56. The molecule has 1 atom stereocenters. The lowest BCUT2D eigenvalue weighted by Crippen LogP contribution is -2.31. The van der Waals surface area contributed by atoms with Crippen LogP contribution in [0.25, 0.3) is 0 Å². The molecule has 2 heterocycles. The van der Waals surface area contributed by atoms with Crippen molar-refractivity contribution in [3.8, 4) is 0 Å². The molecule has 0 spiro atoms. The van der Waals surface area contributed by atoms with Crippen molar-refractivity contribution in [2.24, 2.45) is 0 Å². The number of aryl methyl sites for hydroxylation is 1. The van der Waals surface area contributed by atoms with Crippen LogP contribution in [-0.2, 0) is 9.53 Å². The Labute approximate surface area is 115 Å². The van der Waals surface area contributed by atoms with Gasteiger partial charge in [0.2, 0.25) is 5.91 Å². The number of amides is 1. The van der Waals surface area contributed by atoms with Crippen molar-refractivity contribution in [3.05, 3.63) is 21.9 Å². The Morgan fingerprint density at radius 1 is 1.56 bits per heavy atom. The predicted molar refractivity (Wildman–Crippen MR) is 73.9 cm³/mol. The lowest BCUT2D eigenvalue weighted by molar-refractivity contribution is -0.128. The summed E-state index contributed by atoms with van der Waals surface area (Å²) in [5.41, 5.74) is 1.24. The summed E-state index contributed by atoms with van der Waals surface area (Å²) in [6.45, 7) is 3.51. The van der Waals surface area contributed by atoms with Gasteiger partial charge in [-0.1, -0.05) is 0 Å². The van der Waals surface area contributed by atoms with E-state index in [1.165, 1.54) is 10.4 Å². The van der Waals surface area contributed by atoms with Crippen LogP contribution >= 0.6 is 23.1 Å². The molecule has 1 aromatic heterocycles. The Balaban J connectivity index is 1.97. The van der Waals surface area contributed by atoms with E-state index >= 15 is 0 Å².